The Hall–Kier alpha value is -3.05. The quantitative estimate of drug-likeness (QED) is 0.640. The summed E-state index contributed by atoms with van der Waals surface area (Å²) in [6.07, 6.45) is 8.83. The molecule has 4 heterocycles. The summed E-state index contributed by atoms with van der Waals surface area (Å²) in [5.74, 6) is 1.42. The van der Waals surface area contributed by atoms with Gasteiger partial charge in [-0.2, -0.15) is 10.1 Å². The summed E-state index contributed by atoms with van der Waals surface area (Å²) in [5.41, 5.74) is 2.37. The molecule has 0 atom stereocenters. The lowest BCUT2D eigenvalue weighted by Crippen LogP contribution is -2.47. The van der Waals surface area contributed by atoms with Gasteiger partial charge in [-0.15, -0.1) is 0 Å². The van der Waals surface area contributed by atoms with Crippen LogP contribution in [0.25, 0.3) is 11.0 Å². The Morgan fingerprint density at radius 3 is 2.58 bits per heavy atom. The van der Waals surface area contributed by atoms with Crippen molar-refractivity contribution in [3.63, 3.8) is 0 Å². The molecule has 162 valence electrons. The molecule has 3 aromatic rings. The summed E-state index contributed by atoms with van der Waals surface area (Å²) in [4.78, 5) is 13.2. The molecule has 0 aromatic carbocycles. The Balaban J connectivity index is 1.57. The summed E-state index contributed by atoms with van der Waals surface area (Å²) >= 11 is 0. The van der Waals surface area contributed by atoms with Crippen molar-refractivity contribution < 1.29 is 8.42 Å². The second kappa shape index (κ2) is 6.99. The first-order valence-electron chi connectivity index (χ1n) is 10.2. The first-order valence-corrected chi connectivity index (χ1v) is 11.8. The van der Waals surface area contributed by atoms with E-state index in [-0.39, 0.29) is 10.6 Å². The lowest BCUT2D eigenvalue weighted by atomic mass is 9.78. The number of hydrazone groups is 1. The molecule has 1 saturated carbocycles. The van der Waals surface area contributed by atoms with Crippen molar-refractivity contribution in [2.75, 3.05) is 17.4 Å². The number of anilines is 3. The maximum atomic E-state index is 11.4. The number of nitrogens with two attached hydrogens (primary N) is 1. The van der Waals surface area contributed by atoms with Crippen molar-refractivity contribution in [1.82, 2.24) is 19.5 Å². The van der Waals surface area contributed by atoms with Crippen LogP contribution >= 0.6 is 0 Å². The van der Waals surface area contributed by atoms with Gasteiger partial charge in [0.1, 0.15) is 11.5 Å². The first kappa shape index (κ1) is 19.9. The molecule has 0 radical (unpaired) electrons. The molecule has 0 bridgehead atoms. The van der Waals surface area contributed by atoms with E-state index in [1.165, 1.54) is 18.7 Å². The van der Waals surface area contributed by atoms with Crippen LogP contribution in [0.4, 0.5) is 17.5 Å². The molecule has 0 amide bonds. The normalized spacial score (nSPS) is 18.2. The summed E-state index contributed by atoms with van der Waals surface area (Å²) in [5, 5.41) is 15.7. The highest BCUT2D eigenvalue weighted by molar-refractivity contribution is 7.89. The van der Waals surface area contributed by atoms with E-state index in [0.29, 0.717) is 11.6 Å². The monoisotopic (exact) mass is 440 g/mol. The predicted octanol–water partition coefficient (Wildman–Crippen LogP) is 2.70. The molecule has 10 nitrogen and oxygen atoms in total. The van der Waals surface area contributed by atoms with Crippen LogP contribution in [0.15, 0.2) is 40.7 Å². The van der Waals surface area contributed by atoms with Crippen molar-refractivity contribution in [3.05, 3.63) is 30.6 Å². The largest absolute Gasteiger partial charge is 0.323 e. The molecule has 1 fully saturated rings. The molecular formula is C20H24N8O2S. The minimum Gasteiger partial charge on any atom is -0.323 e. The molecule has 0 unspecified atom stereocenters. The predicted molar refractivity (Wildman–Crippen MR) is 119 cm³/mol. The van der Waals surface area contributed by atoms with Gasteiger partial charge < -0.3 is 5.32 Å². The van der Waals surface area contributed by atoms with Crippen molar-refractivity contribution >= 4 is 44.2 Å². The van der Waals surface area contributed by atoms with Crippen LogP contribution < -0.4 is 15.5 Å². The van der Waals surface area contributed by atoms with Crippen LogP contribution in [-0.4, -0.2) is 40.7 Å². The average Bonchev–Trinajstić information content (AvgIpc) is 3.13. The highest BCUT2D eigenvalue weighted by Crippen LogP contribution is 2.44. The van der Waals surface area contributed by atoms with E-state index in [1.54, 1.807) is 12.3 Å². The standard InChI is InChI=1S/C20H24N8O2S/c1-13-20(8-4-3-5-9-20)28-17(27(2)26-13)10-14-11-23-19(25-18(14)28)24-15-6-7-16(22-12-15)31(21,29)30/h6-7,10-12H,3-5,8-9H2,1-2H3,(H2,21,29,30)(H,23,24,25). The van der Waals surface area contributed by atoms with Gasteiger partial charge in [0.15, 0.2) is 5.03 Å². The van der Waals surface area contributed by atoms with Crippen molar-refractivity contribution in [2.45, 2.75) is 49.6 Å². The molecule has 0 saturated heterocycles. The molecule has 3 aromatic heterocycles. The molecule has 2 aliphatic rings. The smallest absolute Gasteiger partial charge is 0.255 e. The lowest BCUT2D eigenvalue weighted by molar-refractivity contribution is 0.282. The third kappa shape index (κ3) is 3.24. The summed E-state index contributed by atoms with van der Waals surface area (Å²) in [7, 11) is -1.89. The minimum atomic E-state index is -3.84. The number of hydrogen-bond donors (Lipinski definition) is 2. The fraction of sp³-hybridized carbons (Fsp3) is 0.400. The van der Waals surface area contributed by atoms with Gasteiger partial charge in [-0.3, -0.25) is 9.58 Å². The van der Waals surface area contributed by atoms with E-state index in [0.717, 1.165) is 48.2 Å². The molecule has 1 aliphatic carbocycles. The van der Waals surface area contributed by atoms with E-state index in [4.69, 9.17) is 15.2 Å². The highest BCUT2D eigenvalue weighted by atomic mass is 32.2. The number of sulfonamides is 1. The van der Waals surface area contributed by atoms with Gasteiger partial charge in [-0.1, -0.05) is 19.3 Å². The van der Waals surface area contributed by atoms with E-state index >= 15 is 0 Å². The Kier molecular flexibility index (Phi) is 4.48. The van der Waals surface area contributed by atoms with Gasteiger partial charge in [0.2, 0.25) is 5.95 Å². The van der Waals surface area contributed by atoms with Gasteiger partial charge in [0.25, 0.3) is 10.0 Å². The average molecular weight is 441 g/mol. The SMILES string of the molecule is CC1=NN(C)c2cc3cnc(Nc4ccc(S(N)(=O)=O)nc4)nc3n2C12CCCCC2. The van der Waals surface area contributed by atoms with Crippen LogP contribution in [0.3, 0.4) is 0 Å². The number of rotatable bonds is 3. The molecule has 11 heteroatoms. The lowest BCUT2D eigenvalue weighted by Gasteiger charge is -2.44. The van der Waals surface area contributed by atoms with Gasteiger partial charge in [0.05, 0.1) is 23.1 Å². The molecule has 1 aliphatic heterocycles. The topological polar surface area (TPSA) is 131 Å². The Morgan fingerprint density at radius 1 is 1.13 bits per heavy atom. The van der Waals surface area contributed by atoms with Crippen molar-refractivity contribution in [1.29, 1.82) is 0 Å². The van der Waals surface area contributed by atoms with E-state index in [1.807, 2.05) is 12.1 Å². The Labute approximate surface area is 180 Å². The second-order valence-electron chi connectivity index (χ2n) is 8.17. The van der Waals surface area contributed by atoms with Crippen LogP contribution in [0, 0.1) is 0 Å². The van der Waals surface area contributed by atoms with Gasteiger partial charge in [0, 0.05) is 18.6 Å². The first-order chi connectivity index (χ1) is 14.8. The number of primary sulfonamides is 1. The zero-order valence-corrected chi connectivity index (χ0v) is 18.2. The van der Waals surface area contributed by atoms with Gasteiger partial charge in [-0.25, -0.2) is 23.5 Å². The maximum Gasteiger partial charge on any atom is 0.255 e. The van der Waals surface area contributed by atoms with Gasteiger partial charge >= 0.3 is 0 Å². The van der Waals surface area contributed by atoms with E-state index < -0.39 is 10.0 Å². The third-order valence-electron chi connectivity index (χ3n) is 6.22. The van der Waals surface area contributed by atoms with Crippen LogP contribution in [0.5, 0.6) is 0 Å². The highest BCUT2D eigenvalue weighted by Gasteiger charge is 2.42. The Bertz CT molecular complexity index is 1290. The van der Waals surface area contributed by atoms with Crippen LogP contribution in [0.2, 0.25) is 0 Å². The zero-order valence-electron chi connectivity index (χ0n) is 17.4. The van der Waals surface area contributed by atoms with Crippen LogP contribution in [0.1, 0.15) is 39.0 Å². The van der Waals surface area contributed by atoms with Crippen LogP contribution in [-0.2, 0) is 15.6 Å². The number of nitrogens with zero attached hydrogens (tertiary/aromatic N) is 6. The number of pyridine rings is 1. The zero-order chi connectivity index (χ0) is 21.8. The van der Waals surface area contributed by atoms with E-state index in [2.05, 4.69) is 32.8 Å². The minimum absolute atomic E-state index is 0.161. The van der Waals surface area contributed by atoms with E-state index in [9.17, 15) is 8.42 Å². The summed E-state index contributed by atoms with van der Waals surface area (Å²) in [6.45, 7) is 2.11. The number of fused-ring (bicyclic) bond motifs is 4. The fourth-order valence-corrected chi connectivity index (χ4v) is 5.16. The van der Waals surface area contributed by atoms with Crippen molar-refractivity contribution in [3.8, 4) is 0 Å². The molecule has 5 rings (SSSR count). The molecule has 31 heavy (non-hydrogen) atoms. The summed E-state index contributed by atoms with van der Waals surface area (Å²) in [6, 6.07) is 5.01. The third-order valence-corrected chi connectivity index (χ3v) is 7.04. The fourth-order valence-electron chi connectivity index (χ4n) is 4.70. The summed E-state index contributed by atoms with van der Waals surface area (Å²) < 4.78 is 25.1. The number of aromatic nitrogens is 4. The number of nitrogens with one attached hydrogen (secondary N) is 1. The molecule has 3 N–H and O–H groups in total. The van der Waals surface area contributed by atoms with Crippen molar-refractivity contribution in [2.24, 2.45) is 10.2 Å². The second-order valence-corrected chi connectivity index (χ2v) is 9.68. The molecule has 1 spiro atoms. The maximum absolute atomic E-state index is 11.4. The molecular weight excluding hydrogens is 416 g/mol. The number of hydrogen-bond acceptors (Lipinski definition) is 8. The van der Waals surface area contributed by atoms with Gasteiger partial charge in [-0.05, 0) is 38.0 Å². The Morgan fingerprint density at radius 2 is 1.90 bits per heavy atom.